The highest BCUT2D eigenvalue weighted by Gasteiger charge is 2.21. The molecule has 2 N–H and O–H groups in total. The van der Waals surface area contributed by atoms with Crippen LogP contribution in [0.5, 0.6) is 0 Å². The van der Waals surface area contributed by atoms with Crippen LogP contribution in [0.2, 0.25) is 0 Å². The van der Waals surface area contributed by atoms with Crippen molar-refractivity contribution in [2.24, 2.45) is 0 Å². The minimum absolute atomic E-state index is 0.0985. The van der Waals surface area contributed by atoms with Crippen LogP contribution in [-0.4, -0.2) is 15.0 Å². The van der Waals surface area contributed by atoms with E-state index in [2.05, 4.69) is 17.0 Å². The topological polar surface area (TPSA) is 88.4 Å². The van der Waals surface area contributed by atoms with E-state index in [1.54, 1.807) is 42.5 Å². The average molecular weight is 401 g/mol. The first-order valence-electron chi connectivity index (χ1n) is 9.37. The molecule has 3 aromatic rings. The van der Waals surface area contributed by atoms with Crippen LogP contribution in [0, 0.1) is 0 Å². The summed E-state index contributed by atoms with van der Waals surface area (Å²) >= 11 is 0. The van der Waals surface area contributed by atoms with E-state index in [0.717, 1.165) is 24.8 Å². The van der Waals surface area contributed by atoms with Gasteiger partial charge in [-0.25, -0.2) is 13.2 Å². The van der Waals surface area contributed by atoms with Gasteiger partial charge in [0.1, 0.15) is 5.58 Å². The fourth-order valence-electron chi connectivity index (χ4n) is 2.99. The zero-order valence-corrected chi connectivity index (χ0v) is 16.8. The maximum Gasteiger partial charge on any atom is 0.363 e. The standard InChI is InChI=1S/C21H24N2O4S/c1-3-7-15-10-12-16(13-11-15)28(25,26)23-20-19(22-14-4-2)17-8-5-6-9-18(17)27-21(20)24/h5-6,8-13,22-23H,3-4,7,14H2,1-2H3. The molecule has 0 unspecified atom stereocenters. The third-order valence-electron chi connectivity index (χ3n) is 4.37. The third-order valence-corrected chi connectivity index (χ3v) is 5.74. The number of hydrogen-bond acceptors (Lipinski definition) is 5. The van der Waals surface area contributed by atoms with Crippen molar-refractivity contribution < 1.29 is 12.8 Å². The van der Waals surface area contributed by atoms with Crippen molar-refractivity contribution in [3.63, 3.8) is 0 Å². The Balaban J connectivity index is 2.04. The lowest BCUT2D eigenvalue weighted by atomic mass is 10.1. The van der Waals surface area contributed by atoms with Crippen molar-refractivity contribution >= 4 is 32.4 Å². The van der Waals surface area contributed by atoms with Crippen LogP contribution in [0.4, 0.5) is 11.4 Å². The van der Waals surface area contributed by atoms with Gasteiger partial charge in [0.2, 0.25) is 0 Å². The molecule has 0 aliphatic carbocycles. The van der Waals surface area contributed by atoms with Gasteiger partial charge in [0.25, 0.3) is 10.0 Å². The molecule has 148 valence electrons. The summed E-state index contributed by atoms with van der Waals surface area (Å²) in [5.74, 6) is 0. The van der Waals surface area contributed by atoms with Gasteiger partial charge in [0, 0.05) is 11.9 Å². The van der Waals surface area contributed by atoms with Gasteiger partial charge in [-0.3, -0.25) is 4.72 Å². The number of rotatable bonds is 8. The Labute approximate surface area is 164 Å². The third kappa shape index (κ3) is 4.20. The number of benzene rings is 2. The fourth-order valence-corrected chi connectivity index (χ4v) is 4.06. The fraction of sp³-hybridized carbons (Fsp3) is 0.286. The van der Waals surface area contributed by atoms with Gasteiger partial charge in [0.05, 0.1) is 10.6 Å². The first kappa shape index (κ1) is 19.9. The van der Waals surface area contributed by atoms with E-state index in [4.69, 9.17) is 4.42 Å². The number of para-hydroxylation sites is 1. The summed E-state index contributed by atoms with van der Waals surface area (Å²) in [4.78, 5) is 12.6. The molecule has 2 aromatic carbocycles. The number of hydrogen-bond donors (Lipinski definition) is 2. The molecule has 0 fully saturated rings. The van der Waals surface area contributed by atoms with Crippen molar-refractivity contribution in [1.29, 1.82) is 0 Å². The van der Waals surface area contributed by atoms with Crippen LogP contribution in [0.25, 0.3) is 11.0 Å². The Kier molecular flexibility index (Phi) is 6.04. The lowest BCUT2D eigenvalue weighted by Gasteiger charge is -2.15. The lowest BCUT2D eigenvalue weighted by molar-refractivity contribution is 0.563. The zero-order chi connectivity index (χ0) is 20.1. The number of anilines is 2. The summed E-state index contributed by atoms with van der Waals surface area (Å²) in [6.07, 6.45) is 2.68. The maximum atomic E-state index is 12.9. The number of fused-ring (bicyclic) bond motifs is 1. The monoisotopic (exact) mass is 400 g/mol. The second-order valence-corrected chi connectivity index (χ2v) is 8.24. The Morgan fingerprint density at radius 1 is 0.929 bits per heavy atom. The molecule has 7 heteroatoms. The van der Waals surface area contributed by atoms with E-state index in [1.165, 1.54) is 0 Å². The second-order valence-electron chi connectivity index (χ2n) is 6.56. The first-order chi connectivity index (χ1) is 13.5. The van der Waals surface area contributed by atoms with Gasteiger partial charge in [0.15, 0.2) is 5.69 Å². The molecule has 3 rings (SSSR count). The minimum atomic E-state index is -3.93. The minimum Gasteiger partial charge on any atom is -0.421 e. The molecule has 0 saturated carbocycles. The summed E-state index contributed by atoms with van der Waals surface area (Å²) in [6, 6.07) is 13.7. The van der Waals surface area contributed by atoms with Crippen LogP contribution in [-0.2, 0) is 16.4 Å². The van der Waals surface area contributed by atoms with Crippen LogP contribution in [0.1, 0.15) is 32.3 Å². The Hall–Kier alpha value is -2.80. The van der Waals surface area contributed by atoms with E-state index in [0.29, 0.717) is 23.2 Å². The molecule has 1 aromatic heterocycles. The molecule has 0 bridgehead atoms. The van der Waals surface area contributed by atoms with E-state index >= 15 is 0 Å². The number of sulfonamides is 1. The van der Waals surface area contributed by atoms with Crippen LogP contribution in [0.3, 0.4) is 0 Å². The number of nitrogens with one attached hydrogen (secondary N) is 2. The normalized spacial score (nSPS) is 11.5. The Morgan fingerprint density at radius 2 is 1.64 bits per heavy atom. The van der Waals surface area contributed by atoms with E-state index in [-0.39, 0.29) is 10.6 Å². The van der Waals surface area contributed by atoms with Gasteiger partial charge in [-0.2, -0.15) is 0 Å². The molecule has 0 aliphatic heterocycles. The van der Waals surface area contributed by atoms with Gasteiger partial charge in [-0.1, -0.05) is 44.5 Å². The van der Waals surface area contributed by atoms with Crippen molar-refractivity contribution in [2.75, 3.05) is 16.6 Å². The molecule has 0 spiro atoms. The number of aryl methyl sites for hydroxylation is 1. The largest absolute Gasteiger partial charge is 0.421 e. The zero-order valence-electron chi connectivity index (χ0n) is 16.0. The molecule has 0 aliphatic rings. The summed E-state index contributed by atoms with van der Waals surface area (Å²) < 4.78 is 33.5. The van der Waals surface area contributed by atoms with Crippen molar-refractivity contribution in [1.82, 2.24) is 0 Å². The quantitative estimate of drug-likeness (QED) is 0.548. The molecule has 1 heterocycles. The van der Waals surface area contributed by atoms with Crippen molar-refractivity contribution in [2.45, 2.75) is 38.0 Å². The summed E-state index contributed by atoms with van der Waals surface area (Å²) in [6.45, 7) is 4.65. The predicted octanol–water partition coefficient (Wildman–Crippen LogP) is 4.37. The van der Waals surface area contributed by atoms with E-state index < -0.39 is 15.6 Å². The molecule has 0 atom stereocenters. The average Bonchev–Trinajstić information content (AvgIpc) is 2.68. The second kappa shape index (κ2) is 8.48. The predicted molar refractivity (Wildman–Crippen MR) is 113 cm³/mol. The molecule has 0 amide bonds. The van der Waals surface area contributed by atoms with Gasteiger partial charge in [-0.15, -0.1) is 0 Å². The molecule has 6 nitrogen and oxygen atoms in total. The molecular formula is C21H24N2O4S. The van der Waals surface area contributed by atoms with Crippen molar-refractivity contribution in [3.8, 4) is 0 Å². The van der Waals surface area contributed by atoms with Gasteiger partial charge >= 0.3 is 5.63 Å². The molecule has 28 heavy (non-hydrogen) atoms. The first-order valence-corrected chi connectivity index (χ1v) is 10.9. The Morgan fingerprint density at radius 3 is 2.32 bits per heavy atom. The summed E-state index contributed by atoms with van der Waals surface area (Å²) in [5.41, 5.74) is 1.06. The highest BCUT2D eigenvalue weighted by atomic mass is 32.2. The maximum absolute atomic E-state index is 12.9. The van der Waals surface area contributed by atoms with Crippen LogP contribution >= 0.6 is 0 Å². The SMILES string of the molecule is CCCNc1c(NS(=O)(=O)c2ccc(CCC)cc2)c(=O)oc2ccccc12. The molecule has 0 radical (unpaired) electrons. The van der Waals surface area contributed by atoms with E-state index in [1.807, 2.05) is 13.0 Å². The van der Waals surface area contributed by atoms with Crippen LogP contribution in [0.15, 0.2) is 62.6 Å². The van der Waals surface area contributed by atoms with E-state index in [9.17, 15) is 13.2 Å². The van der Waals surface area contributed by atoms with Crippen molar-refractivity contribution in [3.05, 3.63) is 64.5 Å². The summed E-state index contributed by atoms with van der Waals surface area (Å²) in [7, 11) is -3.93. The molecular weight excluding hydrogens is 376 g/mol. The highest BCUT2D eigenvalue weighted by Crippen LogP contribution is 2.30. The van der Waals surface area contributed by atoms with Gasteiger partial charge in [-0.05, 0) is 42.7 Å². The Bertz CT molecular complexity index is 1120. The lowest BCUT2D eigenvalue weighted by Crippen LogP contribution is -2.21. The smallest absolute Gasteiger partial charge is 0.363 e. The summed E-state index contributed by atoms with van der Waals surface area (Å²) in [5, 5.41) is 3.80. The molecule has 0 saturated heterocycles. The van der Waals surface area contributed by atoms with Crippen LogP contribution < -0.4 is 15.7 Å². The van der Waals surface area contributed by atoms with Gasteiger partial charge < -0.3 is 9.73 Å². The highest BCUT2D eigenvalue weighted by molar-refractivity contribution is 7.92.